The molecular formula is C14H17N3O. The number of rotatable bonds is 4. The number of pyridine rings is 1. The van der Waals surface area contributed by atoms with Crippen molar-refractivity contribution in [3.05, 3.63) is 47.0 Å². The number of ketones is 1. The largest absolute Gasteiger partial charge is 0.294 e. The van der Waals surface area contributed by atoms with E-state index in [2.05, 4.69) is 17.0 Å². The van der Waals surface area contributed by atoms with Crippen LogP contribution in [-0.2, 0) is 19.9 Å². The average molecular weight is 243 g/mol. The third kappa shape index (κ3) is 2.47. The molecule has 0 aromatic carbocycles. The van der Waals surface area contributed by atoms with E-state index in [1.54, 1.807) is 23.1 Å². The molecule has 94 valence electrons. The summed E-state index contributed by atoms with van der Waals surface area (Å²) in [5.41, 5.74) is 3.63. The van der Waals surface area contributed by atoms with Crippen LogP contribution < -0.4 is 0 Å². The summed E-state index contributed by atoms with van der Waals surface area (Å²) in [6.07, 6.45) is 4.64. The first-order valence-electron chi connectivity index (χ1n) is 6.07. The highest BCUT2D eigenvalue weighted by atomic mass is 16.1. The van der Waals surface area contributed by atoms with Gasteiger partial charge in [-0.1, -0.05) is 6.92 Å². The summed E-state index contributed by atoms with van der Waals surface area (Å²) in [4.78, 5) is 16.2. The van der Waals surface area contributed by atoms with Gasteiger partial charge in [0.1, 0.15) is 0 Å². The van der Waals surface area contributed by atoms with Crippen molar-refractivity contribution in [3.63, 3.8) is 0 Å². The van der Waals surface area contributed by atoms with Gasteiger partial charge in [-0.05, 0) is 31.0 Å². The van der Waals surface area contributed by atoms with E-state index in [4.69, 9.17) is 0 Å². The quantitative estimate of drug-likeness (QED) is 0.773. The summed E-state index contributed by atoms with van der Waals surface area (Å²) in [6, 6.07) is 3.77. The molecule has 0 amide bonds. The maximum absolute atomic E-state index is 12.2. The molecule has 2 heterocycles. The molecule has 2 aromatic heterocycles. The van der Waals surface area contributed by atoms with Crippen LogP contribution in [0.2, 0.25) is 0 Å². The van der Waals surface area contributed by atoms with Crippen LogP contribution >= 0.6 is 0 Å². The van der Waals surface area contributed by atoms with Crippen LogP contribution in [0, 0.1) is 6.92 Å². The third-order valence-electron chi connectivity index (χ3n) is 3.05. The lowest BCUT2D eigenvalue weighted by Gasteiger charge is -2.04. The Morgan fingerprint density at radius 3 is 2.83 bits per heavy atom. The minimum atomic E-state index is 0.112. The minimum absolute atomic E-state index is 0.112. The molecule has 0 aliphatic heterocycles. The number of hydrogen-bond acceptors (Lipinski definition) is 3. The molecule has 2 rings (SSSR count). The third-order valence-corrected chi connectivity index (χ3v) is 3.05. The van der Waals surface area contributed by atoms with E-state index in [0.717, 1.165) is 28.9 Å². The van der Waals surface area contributed by atoms with E-state index in [1.807, 2.05) is 20.0 Å². The van der Waals surface area contributed by atoms with Gasteiger partial charge in [-0.15, -0.1) is 0 Å². The second kappa shape index (κ2) is 5.12. The zero-order chi connectivity index (χ0) is 13.1. The standard InChI is InChI=1S/C14H17N3O/c1-4-11-7-12(17(3)16-11)8-14(18)13-5-6-15-9-10(13)2/h5-7,9H,4,8H2,1-3H3. The molecule has 0 fully saturated rings. The maximum atomic E-state index is 12.2. The van der Waals surface area contributed by atoms with Gasteiger partial charge >= 0.3 is 0 Å². The van der Waals surface area contributed by atoms with Crippen molar-refractivity contribution in [2.45, 2.75) is 26.7 Å². The van der Waals surface area contributed by atoms with Gasteiger partial charge in [-0.25, -0.2) is 0 Å². The molecule has 0 saturated heterocycles. The van der Waals surface area contributed by atoms with Crippen molar-refractivity contribution >= 4 is 5.78 Å². The first-order valence-corrected chi connectivity index (χ1v) is 6.07. The summed E-state index contributed by atoms with van der Waals surface area (Å²) >= 11 is 0. The smallest absolute Gasteiger partial charge is 0.169 e. The lowest BCUT2D eigenvalue weighted by atomic mass is 10.0. The van der Waals surface area contributed by atoms with Gasteiger partial charge in [-0.3, -0.25) is 14.5 Å². The van der Waals surface area contributed by atoms with Gasteiger partial charge in [-0.2, -0.15) is 5.10 Å². The highest BCUT2D eigenvalue weighted by molar-refractivity contribution is 5.98. The van der Waals surface area contributed by atoms with Crippen LogP contribution in [0.1, 0.15) is 34.2 Å². The van der Waals surface area contributed by atoms with E-state index in [9.17, 15) is 4.79 Å². The van der Waals surface area contributed by atoms with Crippen molar-refractivity contribution < 1.29 is 4.79 Å². The van der Waals surface area contributed by atoms with E-state index in [1.165, 1.54) is 0 Å². The number of carbonyl (C=O) groups is 1. The Hall–Kier alpha value is -1.97. The molecule has 4 heteroatoms. The second-order valence-electron chi connectivity index (χ2n) is 4.39. The Morgan fingerprint density at radius 1 is 1.44 bits per heavy atom. The number of hydrogen-bond donors (Lipinski definition) is 0. The van der Waals surface area contributed by atoms with Crippen molar-refractivity contribution in [1.82, 2.24) is 14.8 Å². The van der Waals surface area contributed by atoms with Gasteiger partial charge in [0.15, 0.2) is 5.78 Å². The molecule has 0 aliphatic rings. The van der Waals surface area contributed by atoms with Gasteiger partial charge in [0, 0.05) is 30.7 Å². The fourth-order valence-corrected chi connectivity index (χ4v) is 1.96. The van der Waals surface area contributed by atoms with Gasteiger partial charge in [0.05, 0.1) is 12.1 Å². The summed E-state index contributed by atoms with van der Waals surface area (Å²) < 4.78 is 1.78. The fraction of sp³-hybridized carbons (Fsp3) is 0.357. The molecule has 0 radical (unpaired) electrons. The number of nitrogens with zero attached hydrogens (tertiary/aromatic N) is 3. The monoisotopic (exact) mass is 243 g/mol. The molecule has 0 aliphatic carbocycles. The van der Waals surface area contributed by atoms with Gasteiger partial charge in [0.25, 0.3) is 0 Å². The highest BCUT2D eigenvalue weighted by Crippen LogP contribution is 2.11. The number of aryl methyl sites for hydroxylation is 3. The summed E-state index contributed by atoms with van der Waals surface area (Å²) in [5, 5.41) is 4.35. The maximum Gasteiger partial charge on any atom is 0.169 e. The van der Waals surface area contributed by atoms with Crippen LogP contribution in [0.3, 0.4) is 0 Å². The van der Waals surface area contributed by atoms with E-state index in [0.29, 0.717) is 6.42 Å². The molecule has 4 nitrogen and oxygen atoms in total. The Balaban J connectivity index is 2.21. The highest BCUT2D eigenvalue weighted by Gasteiger charge is 2.13. The minimum Gasteiger partial charge on any atom is -0.294 e. The van der Waals surface area contributed by atoms with E-state index in [-0.39, 0.29) is 5.78 Å². The Bertz CT molecular complexity index is 572. The molecule has 0 N–H and O–H groups in total. The Labute approximate surface area is 107 Å². The SMILES string of the molecule is CCc1cc(CC(=O)c2ccncc2C)n(C)n1. The molecule has 0 spiro atoms. The molecule has 0 unspecified atom stereocenters. The van der Waals surface area contributed by atoms with Crippen molar-refractivity contribution in [2.24, 2.45) is 7.05 Å². The Kier molecular flexibility index (Phi) is 3.55. The lowest BCUT2D eigenvalue weighted by Crippen LogP contribution is -2.09. The zero-order valence-electron chi connectivity index (χ0n) is 11.0. The molecule has 0 bridgehead atoms. The fourth-order valence-electron chi connectivity index (χ4n) is 1.96. The summed E-state index contributed by atoms with van der Waals surface area (Å²) in [6.45, 7) is 3.96. The predicted molar refractivity (Wildman–Crippen MR) is 69.6 cm³/mol. The van der Waals surface area contributed by atoms with Gasteiger partial charge < -0.3 is 0 Å². The van der Waals surface area contributed by atoms with E-state index < -0.39 is 0 Å². The molecule has 2 aromatic rings. The molecule has 18 heavy (non-hydrogen) atoms. The normalized spacial score (nSPS) is 10.6. The first kappa shape index (κ1) is 12.5. The van der Waals surface area contributed by atoms with Crippen LogP contribution in [0.5, 0.6) is 0 Å². The van der Waals surface area contributed by atoms with Crippen LogP contribution in [0.4, 0.5) is 0 Å². The van der Waals surface area contributed by atoms with Gasteiger partial charge in [0.2, 0.25) is 0 Å². The molecular weight excluding hydrogens is 226 g/mol. The Morgan fingerprint density at radius 2 is 2.22 bits per heavy atom. The zero-order valence-corrected chi connectivity index (χ0v) is 11.0. The number of Topliss-reactive ketones (excluding diaryl/α,β-unsaturated/α-hetero) is 1. The van der Waals surface area contributed by atoms with Crippen LogP contribution in [0.15, 0.2) is 24.5 Å². The summed E-state index contributed by atoms with van der Waals surface area (Å²) in [7, 11) is 1.88. The number of aromatic nitrogens is 3. The lowest BCUT2D eigenvalue weighted by molar-refractivity contribution is 0.0990. The average Bonchev–Trinajstić information content (AvgIpc) is 2.70. The topological polar surface area (TPSA) is 47.8 Å². The second-order valence-corrected chi connectivity index (χ2v) is 4.39. The van der Waals surface area contributed by atoms with Crippen molar-refractivity contribution in [3.8, 4) is 0 Å². The first-order chi connectivity index (χ1) is 8.61. The molecule has 0 saturated carbocycles. The predicted octanol–water partition coefficient (Wildman–Crippen LogP) is 2.11. The molecule has 0 atom stereocenters. The van der Waals surface area contributed by atoms with E-state index >= 15 is 0 Å². The number of carbonyl (C=O) groups excluding carboxylic acids is 1. The summed E-state index contributed by atoms with van der Waals surface area (Å²) in [5.74, 6) is 0.112. The van der Waals surface area contributed by atoms with Crippen molar-refractivity contribution in [2.75, 3.05) is 0 Å². The van der Waals surface area contributed by atoms with Crippen LogP contribution in [0.25, 0.3) is 0 Å². The van der Waals surface area contributed by atoms with Crippen LogP contribution in [-0.4, -0.2) is 20.5 Å². The van der Waals surface area contributed by atoms with Crippen molar-refractivity contribution in [1.29, 1.82) is 0 Å².